The Morgan fingerprint density at radius 1 is 1.50 bits per heavy atom. The fraction of sp³-hybridized carbons (Fsp3) is 1.00. The number of β-amino-alcohol motifs (C(OH)–C–C–N with tert-alkyl or cyclic N) is 1. The molecule has 0 spiro atoms. The molecular weight excluding hydrogens is 202 g/mol. The fourth-order valence-corrected chi connectivity index (χ4v) is 3.05. The van der Waals surface area contributed by atoms with E-state index < -0.39 is 9.84 Å². The first-order valence-electron chi connectivity index (χ1n) is 5.04. The van der Waals surface area contributed by atoms with Crippen LogP contribution in [0.1, 0.15) is 20.3 Å². The lowest BCUT2D eigenvalue weighted by molar-refractivity contribution is 0.131. The van der Waals surface area contributed by atoms with E-state index in [1.807, 2.05) is 4.90 Å². The van der Waals surface area contributed by atoms with Gasteiger partial charge in [0, 0.05) is 13.1 Å². The van der Waals surface area contributed by atoms with Gasteiger partial charge in [0.25, 0.3) is 0 Å². The van der Waals surface area contributed by atoms with E-state index in [-0.39, 0.29) is 17.1 Å². The normalized spacial score (nSPS) is 30.9. The van der Waals surface area contributed by atoms with Crippen molar-refractivity contribution in [3.05, 3.63) is 0 Å². The SMILES string of the molecule is CC(O)CN1CCC(C)S(=O)(=O)CC1. The molecule has 0 aromatic heterocycles. The van der Waals surface area contributed by atoms with Gasteiger partial charge < -0.3 is 5.11 Å². The van der Waals surface area contributed by atoms with Gasteiger partial charge in [0.2, 0.25) is 0 Å². The Bertz CT molecular complexity index is 274. The summed E-state index contributed by atoms with van der Waals surface area (Å²) in [5, 5.41) is 8.97. The first-order valence-corrected chi connectivity index (χ1v) is 6.75. The quantitative estimate of drug-likeness (QED) is 0.706. The van der Waals surface area contributed by atoms with Crippen molar-refractivity contribution >= 4 is 9.84 Å². The van der Waals surface area contributed by atoms with Crippen molar-refractivity contribution in [1.82, 2.24) is 4.90 Å². The van der Waals surface area contributed by atoms with Crippen molar-refractivity contribution < 1.29 is 13.5 Å². The summed E-state index contributed by atoms with van der Waals surface area (Å²) < 4.78 is 23.1. The Hall–Kier alpha value is -0.130. The fourth-order valence-electron chi connectivity index (χ4n) is 1.67. The first-order chi connectivity index (χ1) is 6.42. The van der Waals surface area contributed by atoms with E-state index in [0.29, 0.717) is 19.5 Å². The molecule has 1 aliphatic rings. The van der Waals surface area contributed by atoms with E-state index in [1.165, 1.54) is 0 Å². The number of rotatable bonds is 2. The van der Waals surface area contributed by atoms with Crippen LogP contribution in [0.4, 0.5) is 0 Å². The van der Waals surface area contributed by atoms with E-state index in [9.17, 15) is 13.5 Å². The van der Waals surface area contributed by atoms with Gasteiger partial charge in [-0.25, -0.2) is 8.42 Å². The molecule has 1 aliphatic heterocycles. The molecule has 2 atom stereocenters. The summed E-state index contributed by atoms with van der Waals surface area (Å²) in [4.78, 5) is 2.02. The summed E-state index contributed by atoms with van der Waals surface area (Å²) in [6, 6.07) is 0. The molecule has 0 amide bonds. The van der Waals surface area contributed by atoms with E-state index >= 15 is 0 Å². The first kappa shape index (κ1) is 11.9. The molecule has 1 saturated heterocycles. The zero-order valence-corrected chi connectivity index (χ0v) is 9.63. The van der Waals surface area contributed by atoms with Crippen LogP contribution in [0.25, 0.3) is 0 Å². The van der Waals surface area contributed by atoms with Gasteiger partial charge in [-0.1, -0.05) is 0 Å². The van der Waals surface area contributed by atoms with Gasteiger partial charge in [-0.2, -0.15) is 0 Å². The summed E-state index contributed by atoms with van der Waals surface area (Å²) in [5.41, 5.74) is 0. The van der Waals surface area contributed by atoms with Crippen LogP contribution in [0.3, 0.4) is 0 Å². The minimum Gasteiger partial charge on any atom is -0.392 e. The summed E-state index contributed by atoms with van der Waals surface area (Å²) in [5.74, 6) is 0.223. The third kappa shape index (κ3) is 3.22. The number of hydrogen-bond acceptors (Lipinski definition) is 4. The summed E-state index contributed by atoms with van der Waals surface area (Å²) in [7, 11) is -2.89. The van der Waals surface area contributed by atoms with E-state index in [0.717, 1.165) is 6.54 Å². The van der Waals surface area contributed by atoms with Crippen molar-refractivity contribution in [2.24, 2.45) is 0 Å². The zero-order chi connectivity index (χ0) is 10.8. The van der Waals surface area contributed by atoms with Crippen molar-refractivity contribution in [2.45, 2.75) is 31.6 Å². The molecule has 0 saturated carbocycles. The highest BCUT2D eigenvalue weighted by molar-refractivity contribution is 7.92. The molecule has 5 heteroatoms. The molecule has 14 heavy (non-hydrogen) atoms. The Balaban J connectivity index is 2.57. The van der Waals surface area contributed by atoms with E-state index in [2.05, 4.69) is 0 Å². The molecule has 0 aromatic carbocycles. The van der Waals surface area contributed by atoms with Crippen LogP contribution >= 0.6 is 0 Å². The third-order valence-electron chi connectivity index (χ3n) is 2.68. The molecule has 0 radical (unpaired) electrons. The third-order valence-corrected chi connectivity index (χ3v) is 4.89. The molecule has 0 aromatic rings. The molecule has 1 fully saturated rings. The highest BCUT2D eigenvalue weighted by Crippen LogP contribution is 2.13. The lowest BCUT2D eigenvalue weighted by Gasteiger charge is -2.20. The Morgan fingerprint density at radius 3 is 2.71 bits per heavy atom. The maximum atomic E-state index is 11.5. The number of sulfone groups is 1. The second kappa shape index (κ2) is 4.59. The summed E-state index contributed by atoms with van der Waals surface area (Å²) in [6.07, 6.45) is 0.292. The van der Waals surface area contributed by atoms with Crippen LogP contribution in [-0.4, -0.2) is 55.2 Å². The van der Waals surface area contributed by atoms with Crippen LogP contribution in [0.2, 0.25) is 0 Å². The Morgan fingerprint density at radius 2 is 2.14 bits per heavy atom. The van der Waals surface area contributed by atoms with Gasteiger partial charge >= 0.3 is 0 Å². The maximum absolute atomic E-state index is 11.5. The highest BCUT2D eigenvalue weighted by Gasteiger charge is 2.26. The molecule has 1 N–H and O–H groups in total. The monoisotopic (exact) mass is 221 g/mol. The van der Waals surface area contributed by atoms with Crippen LogP contribution in [0, 0.1) is 0 Å². The molecule has 1 heterocycles. The van der Waals surface area contributed by atoms with Crippen LogP contribution < -0.4 is 0 Å². The molecule has 2 unspecified atom stereocenters. The number of aliphatic hydroxyl groups is 1. The van der Waals surface area contributed by atoms with E-state index in [1.54, 1.807) is 13.8 Å². The Kier molecular flexibility index (Phi) is 3.92. The van der Waals surface area contributed by atoms with Gasteiger partial charge in [-0.15, -0.1) is 0 Å². The predicted molar refractivity (Wildman–Crippen MR) is 56.0 cm³/mol. The van der Waals surface area contributed by atoms with Gasteiger partial charge in [0.15, 0.2) is 9.84 Å². The number of nitrogens with zero attached hydrogens (tertiary/aromatic N) is 1. The lowest BCUT2D eigenvalue weighted by atomic mass is 10.3. The lowest BCUT2D eigenvalue weighted by Crippen LogP contribution is -2.33. The predicted octanol–water partition coefficient (Wildman–Crippen LogP) is -0.124. The van der Waals surface area contributed by atoms with E-state index in [4.69, 9.17) is 0 Å². The molecule has 84 valence electrons. The van der Waals surface area contributed by atoms with Crippen molar-refractivity contribution in [3.8, 4) is 0 Å². The Labute approximate surface area is 85.8 Å². The summed E-state index contributed by atoms with van der Waals surface area (Å²) in [6.45, 7) is 5.38. The molecule has 4 nitrogen and oxygen atoms in total. The van der Waals surface area contributed by atoms with Gasteiger partial charge in [-0.05, 0) is 26.8 Å². The second-order valence-corrected chi connectivity index (χ2v) is 6.65. The van der Waals surface area contributed by atoms with Crippen molar-refractivity contribution in [3.63, 3.8) is 0 Å². The zero-order valence-electron chi connectivity index (χ0n) is 8.81. The molecule has 0 bridgehead atoms. The van der Waals surface area contributed by atoms with Crippen molar-refractivity contribution in [1.29, 1.82) is 0 Å². The average molecular weight is 221 g/mol. The second-order valence-electron chi connectivity index (χ2n) is 4.12. The summed E-state index contributed by atoms with van der Waals surface area (Å²) >= 11 is 0. The topological polar surface area (TPSA) is 57.6 Å². The van der Waals surface area contributed by atoms with Gasteiger partial charge in [-0.3, -0.25) is 4.90 Å². The van der Waals surface area contributed by atoms with Crippen LogP contribution in [0.15, 0.2) is 0 Å². The van der Waals surface area contributed by atoms with Crippen LogP contribution in [-0.2, 0) is 9.84 Å². The largest absolute Gasteiger partial charge is 0.392 e. The minimum absolute atomic E-state index is 0.223. The van der Waals surface area contributed by atoms with Crippen molar-refractivity contribution in [2.75, 3.05) is 25.4 Å². The average Bonchev–Trinajstić information content (AvgIpc) is 2.17. The van der Waals surface area contributed by atoms with Gasteiger partial charge in [0.1, 0.15) is 0 Å². The van der Waals surface area contributed by atoms with Crippen LogP contribution in [0.5, 0.6) is 0 Å². The number of hydrogen-bond donors (Lipinski definition) is 1. The van der Waals surface area contributed by atoms with Gasteiger partial charge in [0.05, 0.1) is 17.1 Å². The maximum Gasteiger partial charge on any atom is 0.154 e. The standard InChI is InChI=1S/C9H19NO3S/c1-8(11)7-10-4-3-9(2)14(12,13)6-5-10/h8-9,11H,3-7H2,1-2H3. The molecule has 0 aliphatic carbocycles. The smallest absolute Gasteiger partial charge is 0.154 e. The number of aliphatic hydroxyl groups excluding tert-OH is 1. The minimum atomic E-state index is -2.89. The highest BCUT2D eigenvalue weighted by atomic mass is 32.2. The molecule has 1 rings (SSSR count). The molecular formula is C9H19NO3S.